The van der Waals surface area contributed by atoms with Crippen LogP contribution in [0.5, 0.6) is 0 Å². The smallest absolute Gasteiger partial charge is 0.373 e. The highest BCUT2D eigenvalue weighted by Gasteiger charge is 1.84. The summed E-state index contributed by atoms with van der Waals surface area (Å²) < 4.78 is 1.14. The lowest BCUT2D eigenvalue weighted by Gasteiger charge is -1.90. The molecule has 0 spiro atoms. The van der Waals surface area contributed by atoms with E-state index in [9.17, 15) is 0 Å². The molecule has 0 unspecified atom stereocenters. The summed E-state index contributed by atoms with van der Waals surface area (Å²) in [5.41, 5.74) is 3.55. The van der Waals surface area contributed by atoms with Crippen LogP contribution in [0.15, 0.2) is 53.0 Å². The second kappa shape index (κ2) is 26.7. The monoisotopic (exact) mass is 488 g/mol. The zero-order valence-electron chi connectivity index (χ0n) is 17.4. The number of hydrogen-bond acceptors (Lipinski definition) is 6. The minimum Gasteiger partial charge on any atom is -0.395 e. The summed E-state index contributed by atoms with van der Waals surface area (Å²) in [6.45, 7) is 4.37. The summed E-state index contributed by atoms with van der Waals surface area (Å²) in [5.74, 6) is 8.10. The Morgan fingerprint density at radius 1 is 0.774 bits per heavy atom. The van der Waals surface area contributed by atoms with Crippen LogP contribution in [-0.2, 0) is 19.2 Å². The lowest BCUT2D eigenvalue weighted by Crippen LogP contribution is -1.78. The predicted molar refractivity (Wildman–Crippen MR) is 119 cm³/mol. The van der Waals surface area contributed by atoms with Crippen molar-refractivity contribution in [2.45, 2.75) is 26.7 Å². The lowest BCUT2D eigenvalue weighted by molar-refractivity contribution is -0.193. The van der Waals surface area contributed by atoms with Crippen molar-refractivity contribution in [1.82, 2.24) is 0 Å². The first-order chi connectivity index (χ1) is 14.9. The highest BCUT2D eigenvalue weighted by atomic mass is 79.9. The molecule has 0 radical (unpaired) electrons. The first-order valence-corrected chi connectivity index (χ1v) is 9.57. The number of rotatable bonds is 2. The second-order valence-corrected chi connectivity index (χ2v) is 6.20. The Balaban J connectivity index is -0.000000357. The predicted octanol–water partition coefficient (Wildman–Crippen LogP) is 3.32. The Morgan fingerprint density at radius 3 is 1.45 bits per heavy atom. The summed E-state index contributed by atoms with van der Waals surface area (Å²) >= 11 is 3.35. The van der Waals surface area contributed by atoms with E-state index in [1.54, 1.807) is 0 Å². The van der Waals surface area contributed by atoms with Crippen molar-refractivity contribution in [3.63, 3.8) is 0 Å². The molecule has 0 saturated carbocycles. The van der Waals surface area contributed by atoms with Gasteiger partial charge in [0, 0.05) is 22.9 Å². The number of halogens is 1. The van der Waals surface area contributed by atoms with Crippen LogP contribution in [0.3, 0.4) is 0 Å². The van der Waals surface area contributed by atoms with Gasteiger partial charge in [-0.3, -0.25) is 0 Å². The van der Waals surface area contributed by atoms with Gasteiger partial charge in [-0.2, -0.15) is 19.2 Å². The third-order valence-corrected chi connectivity index (χ3v) is 3.32. The van der Waals surface area contributed by atoms with Gasteiger partial charge < -0.3 is 10.2 Å². The number of carbonyl (C=O) groups excluding carboxylic acids is 4. The summed E-state index contributed by atoms with van der Waals surface area (Å²) in [6.07, 6.45) is 6.25. The van der Waals surface area contributed by atoms with E-state index in [0.717, 1.165) is 10.0 Å². The van der Waals surface area contributed by atoms with Crippen LogP contribution in [0.2, 0.25) is 0 Å². The van der Waals surface area contributed by atoms with Crippen molar-refractivity contribution in [3.8, 4) is 24.2 Å². The summed E-state index contributed by atoms with van der Waals surface area (Å²) in [4.78, 5) is 32.5. The largest absolute Gasteiger partial charge is 0.395 e. The molecular weight excluding hydrogens is 464 g/mol. The molecule has 0 atom stereocenters. The van der Waals surface area contributed by atoms with Gasteiger partial charge in [-0.05, 0) is 38.1 Å². The van der Waals surface area contributed by atoms with E-state index in [2.05, 4.69) is 52.7 Å². The van der Waals surface area contributed by atoms with E-state index < -0.39 is 0 Å². The van der Waals surface area contributed by atoms with Crippen LogP contribution in [0, 0.1) is 38.0 Å². The number of terminal acetylenes is 1. The molecule has 0 saturated heterocycles. The molecule has 6 nitrogen and oxygen atoms in total. The van der Waals surface area contributed by atoms with Crippen molar-refractivity contribution in [2.75, 3.05) is 13.2 Å². The van der Waals surface area contributed by atoms with Gasteiger partial charge in [0.1, 0.15) is 0 Å². The molecule has 0 aromatic heterocycles. The van der Waals surface area contributed by atoms with E-state index in [1.165, 1.54) is 11.1 Å². The number of benzene rings is 2. The van der Waals surface area contributed by atoms with Crippen molar-refractivity contribution < 1.29 is 29.4 Å². The summed E-state index contributed by atoms with van der Waals surface area (Å²) in [7, 11) is 0. The van der Waals surface area contributed by atoms with Gasteiger partial charge in [0.15, 0.2) is 0 Å². The highest BCUT2D eigenvalue weighted by molar-refractivity contribution is 9.10. The maximum Gasteiger partial charge on any atom is 0.373 e. The van der Waals surface area contributed by atoms with E-state index in [0.29, 0.717) is 12.8 Å². The van der Waals surface area contributed by atoms with Gasteiger partial charge in [-0.25, -0.2) is 0 Å². The van der Waals surface area contributed by atoms with Crippen LogP contribution < -0.4 is 0 Å². The fourth-order valence-electron chi connectivity index (χ4n) is 1.46. The van der Waals surface area contributed by atoms with Gasteiger partial charge in [0.25, 0.3) is 0 Å². The van der Waals surface area contributed by atoms with Gasteiger partial charge in [0.2, 0.25) is 0 Å². The first kappa shape index (κ1) is 32.4. The zero-order valence-corrected chi connectivity index (χ0v) is 19.0. The quantitative estimate of drug-likeness (QED) is 0.627. The van der Waals surface area contributed by atoms with Crippen LogP contribution >= 0.6 is 15.9 Å². The zero-order chi connectivity index (χ0) is 24.3. The van der Waals surface area contributed by atoms with Gasteiger partial charge >= 0.3 is 12.3 Å². The Hall–Kier alpha value is -3.28. The van der Waals surface area contributed by atoms with E-state index in [4.69, 9.17) is 35.8 Å². The molecule has 7 heteroatoms. The standard InChI is InChI=1S/C11H12O.C7H7Br.C4H6O.2CO2/c1-10-5-7-11(8-6-10)4-2-3-9-12;1-6-2-4-7(8)5-3-6;1-2-3-4-5;2*2-1-3/h5-8,12H,3,9H2,1H3;2-5H,1H3;1,5H,3-4H2;;. The Morgan fingerprint density at radius 2 is 1.16 bits per heavy atom. The molecule has 0 fully saturated rings. The average molecular weight is 489 g/mol. The molecule has 2 N–H and O–H groups in total. The molecule has 0 aliphatic rings. The van der Waals surface area contributed by atoms with Crippen LogP contribution in [0.1, 0.15) is 29.5 Å². The number of aryl methyl sites for hydroxylation is 2. The van der Waals surface area contributed by atoms with Crippen molar-refractivity contribution in [1.29, 1.82) is 0 Å². The average Bonchev–Trinajstić information content (AvgIpc) is 2.75. The minimum absolute atomic E-state index is 0.108. The highest BCUT2D eigenvalue weighted by Crippen LogP contribution is 2.08. The molecule has 2 aromatic rings. The SMILES string of the molecule is C#CCCO.Cc1ccc(Br)cc1.Cc1ccc(C#CCCO)cc1.O=C=O.O=C=O. The molecule has 0 aliphatic carbocycles. The molecule has 2 rings (SSSR count). The van der Waals surface area contributed by atoms with Crippen LogP contribution in [0.25, 0.3) is 0 Å². The van der Waals surface area contributed by atoms with Crippen LogP contribution in [0.4, 0.5) is 0 Å². The Labute approximate surface area is 191 Å². The van der Waals surface area contributed by atoms with Gasteiger partial charge in [-0.15, -0.1) is 12.3 Å². The van der Waals surface area contributed by atoms with Crippen molar-refractivity contribution in [3.05, 3.63) is 69.7 Å². The molecular formula is C24H25BrO6. The Kier molecular flexibility index (Phi) is 27.9. The third-order valence-electron chi connectivity index (χ3n) is 2.79. The number of aliphatic hydroxyl groups is 2. The van der Waals surface area contributed by atoms with E-state index in [1.807, 2.05) is 43.3 Å². The van der Waals surface area contributed by atoms with E-state index >= 15 is 0 Å². The molecule has 0 amide bonds. The number of hydrogen-bond donors (Lipinski definition) is 2. The maximum atomic E-state index is 8.49. The lowest BCUT2D eigenvalue weighted by atomic mass is 10.1. The maximum absolute atomic E-state index is 8.49. The third kappa shape index (κ3) is 29.0. The summed E-state index contributed by atoms with van der Waals surface area (Å²) in [6, 6.07) is 16.3. The fraction of sp³-hybridized carbons (Fsp3) is 0.250. The van der Waals surface area contributed by atoms with Crippen LogP contribution in [-0.4, -0.2) is 35.7 Å². The molecule has 31 heavy (non-hydrogen) atoms. The number of aliphatic hydroxyl groups excluding tert-OH is 2. The molecule has 2 aromatic carbocycles. The minimum atomic E-state index is 0.108. The normalized spacial score (nSPS) is 7.35. The topological polar surface area (TPSA) is 109 Å². The van der Waals surface area contributed by atoms with Crippen molar-refractivity contribution >= 4 is 28.2 Å². The second-order valence-electron chi connectivity index (χ2n) is 5.28. The van der Waals surface area contributed by atoms with E-state index in [-0.39, 0.29) is 25.5 Å². The molecule has 0 bridgehead atoms. The first-order valence-electron chi connectivity index (χ1n) is 8.78. The van der Waals surface area contributed by atoms with Gasteiger partial charge in [0.05, 0.1) is 13.2 Å². The van der Waals surface area contributed by atoms with Crippen molar-refractivity contribution in [2.24, 2.45) is 0 Å². The fourth-order valence-corrected chi connectivity index (χ4v) is 1.72. The van der Waals surface area contributed by atoms with Gasteiger partial charge in [-0.1, -0.05) is 63.2 Å². The molecule has 0 heterocycles. The molecule has 0 aliphatic heterocycles. The molecule has 164 valence electrons. The Bertz CT molecular complexity index is 811. The summed E-state index contributed by atoms with van der Waals surface area (Å²) in [5, 5.41) is 16.4.